The van der Waals surface area contributed by atoms with Gasteiger partial charge in [0.15, 0.2) is 11.6 Å². The average Bonchev–Trinajstić information content (AvgIpc) is 2.36. The van der Waals surface area contributed by atoms with Crippen LogP contribution < -0.4 is 21.5 Å². The van der Waals surface area contributed by atoms with Gasteiger partial charge in [-0.05, 0) is 30.3 Å². The Kier molecular flexibility index (Phi) is 3.23. The molecule has 4 nitrogen and oxygen atoms in total. The standard InChI is InChI=1S/C13H14FN3O/c1-18-13-7-9(2-4-10(13)14)17-8-3-5-11(15)12(16)6-8/h2-7,17H,15-16H2,1H3. The molecule has 2 rings (SSSR count). The van der Waals surface area contributed by atoms with Crippen LogP contribution in [0.5, 0.6) is 5.75 Å². The maximum Gasteiger partial charge on any atom is 0.165 e. The minimum atomic E-state index is -0.403. The molecule has 0 heterocycles. The van der Waals surface area contributed by atoms with E-state index in [-0.39, 0.29) is 5.75 Å². The molecule has 5 N–H and O–H groups in total. The van der Waals surface area contributed by atoms with Crippen molar-refractivity contribution < 1.29 is 9.13 Å². The molecular weight excluding hydrogens is 233 g/mol. The van der Waals surface area contributed by atoms with Crippen molar-refractivity contribution in [3.05, 3.63) is 42.2 Å². The van der Waals surface area contributed by atoms with Gasteiger partial charge in [-0.3, -0.25) is 0 Å². The third-order valence-electron chi connectivity index (χ3n) is 2.53. The van der Waals surface area contributed by atoms with E-state index in [1.807, 2.05) is 0 Å². The molecule has 0 aliphatic carbocycles. The van der Waals surface area contributed by atoms with E-state index in [9.17, 15) is 4.39 Å². The van der Waals surface area contributed by atoms with Gasteiger partial charge >= 0.3 is 0 Å². The summed E-state index contributed by atoms with van der Waals surface area (Å²) in [7, 11) is 1.42. The van der Waals surface area contributed by atoms with Crippen LogP contribution in [-0.4, -0.2) is 7.11 Å². The number of methoxy groups -OCH3 is 1. The van der Waals surface area contributed by atoms with Gasteiger partial charge < -0.3 is 21.5 Å². The van der Waals surface area contributed by atoms with E-state index in [4.69, 9.17) is 16.2 Å². The monoisotopic (exact) mass is 247 g/mol. The van der Waals surface area contributed by atoms with E-state index in [0.717, 1.165) is 5.69 Å². The van der Waals surface area contributed by atoms with E-state index < -0.39 is 5.82 Å². The van der Waals surface area contributed by atoms with Gasteiger partial charge in [-0.1, -0.05) is 0 Å². The van der Waals surface area contributed by atoms with Crippen LogP contribution in [0.1, 0.15) is 0 Å². The minimum absolute atomic E-state index is 0.184. The largest absolute Gasteiger partial charge is 0.494 e. The Labute approximate surface area is 104 Å². The second kappa shape index (κ2) is 4.83. The molecule has 0 aliphatic rings. The maximum absolute atomic E-state index is 13.2. The van der Waals surface area contributed by atoms with E-state index in [2.05, 4.69) is 5.32 Å². The average molecular weight is 247 g/mol. The normalized spacial score (nSPS) is 10.1. The molecule has 0 unspecified atom stereocenters. The molecule has 0 saturated carbocycles. The number of nitrogens with two attached hydrogens (primary N) is 2. The van der Waals surface area contributed by atoms with Crippen molar-refractivity contribution in [2.45, 2.75) is 0 Å². The number of hydrogen-bond acceptors (Lipinski definition) is 4. The molecule has 0 saturated heterocycles. The first-order valence-corrected chi connectivity index (χ1v) is 5.35. The Morgan fingerprint density at radius 3 is 2.33 bits per heavy atom. The van der Waals surface area contributed by atoms with Crippen molar-refractivity contribution in [2.24, 2.45) is 0 Å². The van der Waals surface area contributed by atoms with Crippen molar-refractivity contribution in [2.75, 3.05) is 23.9 Å². The maximum atomic E-state index is 13.2. The zero-order valence-corrected chi connectivity index (χ0v) is 9.91. The van der Waals surface area contributed by atoms with Crippen LogP contribution >= 0.6 is 0 Å². The quantitative estimate of drug-likeness (QED) is 0.729. The summed E-state index contributed by atoms with van der Waals surface area (Å²) in [5, 5.41) is 3.09. The van der Waals surface area contributed by atoms with Crippen LogP contribution in [0.15, 0.2) is 36.4 Å². The smallest absolute Gasteiger partial charge is 0.165 e. The van der Waals surface area contributed by atoms with E-state index in [1.54, 1.807) is 30.3 Å². The van der Waals surface area contributed by atoms with Gasteiger partial charge in [-0.2, -0.15) is 0 Å². The van der Waals surface area contributed by atoms with Crippen molar-refractivity contribution in [3.63, 3.8) is 0 Å². The highest BCUT2D eigenvalue weighted by atomic mass is 19.1. The second-order valence-electron chi connectivity index (χ2n) is 3.82. The Morgan fingerprint density at radius 2 is 1.67 bits per heavy atom. The number of rotatable bonds is 3. The Bertz CT molecular complexity index is 572. The van der Waals surface area contributed by atoms with Gasteiger partial charge in [-0.15, -0.1) is 0 Å². The molecule has 0 aromatic heterocycles. The Balaban J connectivity index is 2.25. The Morgan fingerprint density at radius 1 is 1.00 bits per heavy atom. The van der Waals surface area contributed by atoms with Gasteiger partial charge in [-0.25, -0.2) is 4.39 Å². The number of nitrogen functional groups attached to an aromatic ring is 2. The van der Waals surface area contributed by atoms with Gasteiger partial charge in [0.2, 0.25) is 0 Å². The molecule has 2 aromatic carbocycles. The highest BCUT2D eigenvalue weighted by molar-refractivity contribution is 5.72. The van der Waals surface area contributed by atoms with Crippen LogP contribution in [-0.2, 0) is 0 Å². The molecular formula is C13H14FN3O. The van der Waals surface area contributed by atoms with Crippen molar-refractivity contribution in [3.8, 4) is 5.75 Å². The molecule has 94 valence electrons. The molecule has 0 fully saturated rings. The molecule has 0 bridgehead atoms. The van der Waals surface area contributed by atoms with Crippen molar-refractivity contribution in [1.82, 2.24) is 0 Å². The predicted molar refractivity (Wildman–Crippen MR) is 71.5 cm³/mol. The summed E-state index contributed by atoms with van der Waals surface area (Å²) in [5.74, 6) is -0.219. The predicted octanol–water partition coefficient (Wildman–Crippen LogP) is 2.74. The number of hydrogen-bond donors (Lipinski definition) is 3. The van der Waals surface area contributed by atoms with Gasteiger partial charge in [0.25, 0.3) is 0 Å². The lowest BCUT2D eigenvalue weighted by Gasteiger charge is -2.10. The molecule has 0 spiro atoms. The highest BCUT2D eigenvalue weighted by Gasteiger charge is 2.04. The lowest BCUT2D eigenvalue weighted by Crippen LogP contribution is -1.97. The molecule has 0 aliphatic heterocycles. The molecule has 18 heavy (non-hydrogen) atoms. The summed E-state index contributed by atoms with van der Waals surface area (Å²) in [6, 6.07) is 9.74. The molecule has 2 aromatic rings. The first kappa shape index (κ1) is 12.0. The van der Waals surface area contributed by atoms with E-state index in [1.165, 1.54) is 13.2 Å². The first-order chi connectivity index (χ1) is 8.60. The van der Waals surface area contributed by atoms with Gasteiger partial charge in [0.05, 0.1) is 18.5 Å². The van der Waals surface area contributed by atoms with Gasteiger partial charge in [0, 0.05) is 17.4 Å². The summed E-state index contributed by atoms with van der Waals surface area (Å²) in [6.45, 7) is 0. The molecule has 0 radical (unpaired) electrons. The summed E-state index contributed by atoms with van der Waals surface area (Å²) in [5.41, 5.74) is 13.8. The van der Waals surface area contributed by atoms with Crippen molar-refractivity contribution in [1.29, 1.82) is 0 Å². The molecule has 0 amide bonds. The Hall–Kier alpha value is -2.43. The third-order valence-corrected chi connectivity index (χ3v) is 2.53. The summed E-state index contributed by atoms with van der Waals surface area (Å²) < 4.78 is 18.1. The van der Waals surface area contributed by atoms with Crippen LogP contribution in [0.4, 0.5) is 27.1 Å². The van der Waals surface area contributed by atoms with E-state index >= 15 is 0 Å². The highest BCUT2D eigenvalue weighted by Crippen LogP contribution is 2.26. The van der Waals surface area contributed by atoms with Crippen LogP contribution in [0.3, 0.4) is 0 Å². The number of nitrogens with one attached hydrogen (secondary N) is 1. The summed E-state index contributed by atoms with van der Waals surface area (Å²) >= 11 is 0. The first-order valence-electron chi connectivity index (χ1n) is 5.35. The van der Waals surface area contributed by atoms with Crippen molar-refractivity contribution >= 4 is 22.7 Å². The zero-order valence-electron chi connectivity index (χ0n) is 9.91. The lowest BCUT2D eigenvalue weighted by atomic mass is 10.2. The van der Waals surface area contributed by atoms with Crippen LogP contribution in [0.25, 0.3) is 0 Å². The van der Waals surface area contributed by atoms with Gasteiger partial charge in [0.1, 0.15) is 0 Å². The second-order valence-corrected chi connectivity index (χ2v) is 3.82. The molecule has 0 atom stereocenters. The fourth-order valence-corrected chi connectivity index (χ4v) is 1.56. The third kappa shape index (κ3) is 2.45. The number of benzene rings is 2. The number of ether oxygens (including phenoxy) is 1. The zero-order chi connectivity index (χ0) is 13.1. The fourth-order valence-electron chi connectivity index (χ4n) is 1.56. The summed E-state index contributed by atoms with van der Waals surface area (Å²) in [4.78, 5) is 0. The molecule has 5 heteroatoms. The van der Waals surface area contributed by atoms with Crippen LogP contribution in [0.2, 0.25) is 0 Å². The fraction of sp³-hybridized carbons (Fsp3) is 0.0769. The minimum Gasteiger partial charge on any atom is -0.494 e. The lowest BCUT2D eigenvalue weighted by molar-refractivity contribution is 0.387. The van der Waals surface area contributed by atoms with Crippen LogP contribution in [0, 0.1) is 5.82 Å². The summed E-state index contributed by atoms with van der Waals surface area (Å²) in [6.07, 6.45) is 0. The number of anilines is 4. The number of halogens is 1. The SMILES string of the molecule is COc1cc(Nc2ccc(N)c(N)c2)ccc1F. The topological polar surface area (TPSA) is 73.3 Å². The van der Waals surface area contributed by atoms with E-state index in [0.29, 0.717) is 17.1 Å².